The lowest BCUT2D eigenvalue weighted by Crippen LogP contribution is -2.44. The first-order chi connectivity index (χ1) is 22.9. The van der Waals surface area contributed by atoms with Crippen LogP contribution < -0.4 is 0 Å². The van der Waals surface area contributed by atoms with Gasteiger partial charge in [0.05, 0.1) is 25.0 Å². The fourth-order valence-electron chi connectivity index (χ4n) is 11.4. The van der Waals surface area contributed by atoms with E-state index in [1.807, 2.05) is 0 Å². The molecular formula is C45H82O4. The largest absolute Gasteiger partial charge is 0.465 e. The Labute approximate surface area is 304 Å². The molecule has 0 amide bonds. The van der Waals surface area contributed by atoms with Crippen LogP contribution in [-0.2, 0) is 19.1 Å². The maximum Gasteiger partial charge on any atom is 0.310 e. The van der Waals surface area contributed by atoms with Crippen LogP contribution in [0.15, 0.2) is 0 Å². The molecule has 0 saturated heterocycles. The SMILES string of the molecule is CCCCC(C)(C)CC1C(C)CC(C)C(COC(=O)C2CCCC(C)C2C(=O)OCC2C(C)CC(C)C(CC(C)(C)CCCC)C2C)C1C. The number of hydrogen-bond acceptors (Lipinski definition) is 4. The summed E-state index contributed by atoms with van der Waals surface area (Å²) in [7, 11) is 0. The Morgan fingerprint density at radius 1 is 0.571 bits per heavy atom. The maximum absolute atomic E-state index is 13.9. The highest BCUT2D eigenvalue weighted by Crippen LogP contribution is 2.49. The summed E-state index contributed by atoms with van der Waals surface area (Å²) >= 11 is 0. The zero-order chi connectivity index (χ0) is 36.7. The molecular weight excluding hydrogens is 604 g/mol. The van der Waals surface area contributed by atoms with Gasteiger partial charge in [0.1, 0.15) is 0 Å². The highest BCUT2D eigenvalue weighted by molar-refractivity contribution is 5.82. The highest BCUT2D eigenvalue weighted by atomic mass is 16.5. The minimum atomic E-state index is -0.397. The molecule has 13 unspecified atom stereocenters. The number of hydrogen-bond donors (Lipinski definition) is 0. The van der Waals surface area contributed by atoms with Gasteiger partial charge in [0, 0.05) is 0 Å². The number of rotatable bonds is 16. The van der Waals surface area contributed by atoms with Crippen LogP contribution in [0.1, 0.15) is 173 Å². The maximum atomic E-state index is 13.9. The Balaban J connectivity index is 1.64. The lowest BCUT2D eigenvalue weighted by atomic mass is 9.59. The summed E-state index contributed by atoms with van der Waals surface area (Å²) in [5.41, 5.74) is 0.683. The van der Waals surface area contributed by atoms with E-state index in [0.29, 0.717) is 83.2 Å². The lowest BCUT2D eigenvalue weighted by Gasteiger charge is -2.47. The van der Waals surface area contributed by atoms with Gasteiger partial charge in [-0.3, -0.25) is 9.59 Å². The van der Waals surface area contributed by atoms with Gasteiger partial charge in [-0.1, -0.05) is 122 Å². The van der Waals surface area contributed by atoms with Crippen molar-refractivity contribution < 1.29 is 19.1 Å². The molecule has 4 nitrogen and oxygen atoms in total. The van der Waals surface area contributed by atoms with E-state index in [2.05, 4.69) is 90.0 Å². The van der Waals surface area contributed by atoms with Crippen molar-refractivity contribution >= 4 is 11.9 Å². The topological polar surface area (TPSA) is 52.6 Å². The predicted octanol–water partition coefficient (Wildman–Crippen LogP) is 12.4. The second-order valence-electron chi connectivity index (χ2n) is 20.0. The first-order valence-electron chi connectivity index (χ1n) is 21.3. The number of esters is 2. The van der Waals surface area contributed by atoms with Crippen molar-refractivity contribution in [2.75, 3.05) is 13.2 Å². The molecule has 3 fully saturated rings. The van der Waals surface area contributed by atoms with Crippen LogP contribution in [0, 0.1) is 87.8 Å². The lowest BCUT2D eigenvalue weighted by molar-refractivity contribution is -0.169. The summed E-state index contributed by atoms with van der Waals surface area (Å²) in [6.07, 6.45) is 15.2. The molecule has 0 aliphatic heterocycles. The van der Waals surface area contributed by atoms with Crippen LogP contribution in [-0.4, -0.2) is 25.2 Å². The minimum Gasteiger partial charge on any atom is -0.465 e. The Hall–Kier alpha value is -1.06. The molecule has 3 saturated carbocycles. The molecule has 0 aromatic rings. The van der Waals surface area contributed by atoms with Crippen molar-refractivity contribution in [1.82, 2.24) is 0 Å². The second kappa shape index (κ2) is 18.6. The molecule has 0 heterocycles. The first-order valence-corrected chi connectivity index (χ1v) is 21.3. The third-order valence-electron chi connectivity index (χ3n) is 14.7. The van der Waals surface area contributed by atoms with E-state index in [9.17, 15) is 9.59 Å². The van der Waals surface area contributed by atoms with Gasteiger partial charge in [0.25, 0.3) is 0 Å². The fourth-order valence-corrected chi connectivity index (χ4v) is 11.4. The normalized spacial score (nSPS) is 37.4. The quantitative estimate of drug-likeness (QED) is 0.152. The van der Waals surface area contributed by atoms with Crippen LogP contribution in [0.2, 0.25) is 0 Å². The summed E-state index contributed by atoms with van der Waals surface area (Å²) in [6.45, 7) is 31.9. The van der Waals surface area contributed by atoms with Gasteiger partial charge in [-0.05, 0) is 127 Å². The minimum absolute atomic E-state index is 0.134. The molecule has 0 radical (unpaired) electrons. The molecule has 0 bridgehead atoms. The van der Waals surface area contributed by atoms with Gasteiger partial charge in [-0.25, -0.2) is 0 Å². The Kier molecular flexibility index (Phi) is 16.1. The predicted molar refractivity (Wildman–Crippen MR) is 206 cm³/mol. The first kappa shape index (κ1) is 42.4. The van der Waals surface area contributed by atoms with Crippen molar-refractivity contribution in [2.24, 2.45) is 87.8 Å². The van der Waals surface area contributed by atoms with Crippen LogP contribution in [0.5, 0.6) is 0 Å². The monoisotopic (exact) mass is 687 g/mol. The van der Waals surface area contributed by atoms with E-state index in [-0.39, 0.29) is 23.8 Å². The van der Waals surface area contributed by atoms with Gasteiger partial charge < -0.3 is 9.47 Å². The number of ether oxygens (including phenoxy) is 2. The van der Waals surface area contributed by atoms with Crippen molar-refractivity contribution in [3.8, 4) is 0 Å². The van der Waals surface area contributed by atoms with Crippen LogP contribution in [0.25, 0.3) is 0 Å². The molecule has 286 valence electrons. The highest BCUT2D eigenvalue weighted by Gasteiger charge is 2.46. The van der Waals surface area contributed by atoms with Gasteiger partial charge in [0.2, 0.25) is 0 Å². The summed E-state index contributed by atoms with van der Waals surface area (Å²) in [4.78, 5) is 27.8. The Bertz CT molecular complexity index is 1020. The molecule has 3 rings (SSSR count). The van der Waals surface area contributed by atoms with Crippen molar-refractivity contribution in [3.05, 3.63) is 0 Å². The van der Waals surface area contributed by atoms with Crippen LogP contribution in [0.4, 0.5) is 0 Å². The second-order valence-corrected chi connectivity index (χ2v) is 20.0. The molecule has 0 spiro atoms. The number of unbranched alkanes of at least 4 members (excludes halogenated alkanes) is 2. The van der Waals surface area contributed by atoms with Crippen LogP contribution in [0.3, 0.4) is 0 Å². The van der Waals surface area contributed by atoms with E-state index >= 15 is 0 Å². The van der Waals surface area contributed by atoms with E-state index in [1.54, 1.807) is 0 Å². The Morgan fingerprint density at radius 3 is 1.41 bits per heavy atom. The summed E-state index contributed by atoms with van der Waals surface area (Å²) in [5, 5.41) is 0. The third-order valence-corrected chi connectivity index (χ3v) is 14.7. The molecule has 4 heteroatoms. The average Bonchev–Trinajstić information content (AvgIpc) is 3.02. The molecule has 0 aromatic heterocycles. The number of carbonyl (C=O) groups excluding carboxylic acids is 2. The molecule has 0 N–H and O–H groups in total. The molecule has 13 atom stereocenters. The fraction of sp³-hybridized carbons (Fsp3) is 0.956. The number of carbonyl (C=O) groups is 2. The van der Waals surface area contributed by atoms with Gasteiger partial charge in [0.15, 0.2) is 0 Å². The molecule has 3 aliphatic rings. The molecule has 49 heavy (non-hydrogen) atoms. The van der Waals surface area contributed by atoms with Gasteiger partial charge >= 0.3 is 11.9 Å². The zero-order valence-corrected chi connectivity index (χ0v) is 34.7. The van der Waals surface area contributed by atoms with Crippen molar-refractivity contribution in [3.63, 3.8) is 0 Å². The van der Waals surface area contributed by atoms with Crippen molar-refractivity contribution in [2.45, 2.75) is 173 Å². The van der Waals surface area contributed by atoms with Crippen molar-refractivity contribution in [1.29, 1.82) is 0 Å². The van der Waals surface area contributed by atoms with E-state index in [4.69, 9.17) is 9.47 Å². The van der Waals surface area contributed by atoms with Gasteiger partial charge in [-0.2, -0.15) is 0 Å². The van der Waals surface area contributed by atoms with Gasteiger partial charge in [-0.15, -0.1) is 0 Å². The molecule has 3 aliphatic carbocycles. The molecule has 0 aromatic carbocycles. The van der Waals surface area contributed by atoms with E-state index < -0.39 is 5.92 Å². The zero-order valence-electron chi connectivity index (χ0n) is 34.7. The summed E-state index contributed by atoms with van der Waals surface area (Å²) in [5.74, 6) is 4.55. The van der Waals surface area contributed by atoms with Crippen LogP contribution >= 0.6 is 0 Å². The Morgan fingerprint density at radius 2 is 0.980 bits per heavy atom. The standard InChI is InChI=1S/C45H82O4/c1-14-16-21-44(10,11)25-37-30(4)23-32(6)39(34(37)8)27-48-42(46)36-20-18-19-29(3)41(36)43(47)49-28-40-33(7)24-31(5)38(35(40)9)26-45(12,13)22-17-15-2/h29-41H,14-28H2,1-13H3. The van der Waals surface area contributed by atoms with E-state index in [0.717, 1.165) is 19.3 Å². The summed E-state index contributed by atoms with van der Waals surface area (Å²) in [6, 6.07) is 0. The average molecular weight is 687 g/mol. The third kappa shape index (κ3) is 11.5. The summed E-state index contributed by atoms with van der Waals surface area (Å²) < 4.78 is 12.5. The van der Waals surface area contributed by atoms with E-state index in [1.165, 1.54) is 64.2 Å². The smallest absolute Gasteiger partial charge is 0.310 e.